The lowest BCUT2D eigenvalue weighted by Crippen LogP contribution is -2.27. The summed E-state index contributed by atoms with van der Waals surface area (Å²) in [4.78, 5) is 0. The molecule has 0 aromatic rings. The first-order valence-electron chi connectivity index (χ1n) is 3.49. The predicted octanol–water partition coefficient (Wildman–Crippen LogP) is 2.44. The van der Waals surface area contributed by atoms with Crippen molar-refractivity contribution in [2.45, 2.75) is 20.8 Å². The van der Waals surface area contributed by atoms with Gasteiger partial charge in [0.15, 0.2) is 0 Å². The number of ether oxygens (including phenoxy) is 1. The number of rotatable bonds is 3. The second-order valence-electron chi connectivity index (χ2n) is 3.79. The van der Waals surface area contributed by atoms with Gasteiger partial charge in [0.2, 0.25) is 0 Å². The summed E-state index contributed by atoms with van der Waals surface area (Å²) in [7, 11) is 0. The minimum atomic E-state index is -4.78. The Kier molecular flexibility index (Phi) is 3.42. The first kappa shape index (κ1) is 10.8. The van der Waals surface area contributed by atoms with Crippen LogP contribution in [0.1, 0.15) is 20.8 Å². The van der Waals surface area contributed by atoms with E-state index in [1.165, 1.54) is 0 Å². The van der Waals surface area contributed by atoms with Gasteiger partial charge in [0.05, 0.1) is 0 Å². The maximum atomic E-state index is 11.6. The zero-order chi connectivity index (χ0) is 9.12. The summed E-state index contributed by atoms with van der Waals surface area (Å²) in [5.41, 5.74) is -0.193. The molecule has 0 bridgehead atoms. The summed E-state index contributed by atoms with van der Waals surface area (Å²) in [6.07, 6.45) is 0. The standard InChI is InChI=1S/C6H13BF3O/c1-6(2,3)4-11-5-7(8,9)10/h4-5H2,1-3H3/q-1. The molecule has 0 unspecified atom stereocenters. The van der Waals surface area contributed by atoms with Crippen LogP contribution in [0.2, 0.25) is 0 Å². The van der Waals surface area contributed by atoms with Gasteiger partial charge >= 0.3 is 6.98 Å². The van der Waals surface area contributed by atoms with Gasteiger partial charge in [-0.25, -0.2) is 0 Å². The Labute approximate surface area is 65.0 Å². The highest BCUT2D eigenvalue weighted by atomic mass is 19.4. The summed E-state index contributed by atoms with van der Waals surface area (Å²) < 4.78 is 39.2. The van der Waals surface area contributed by atoms with Gasteiger partial charge in [-0.2, -0.15) is 0 Å². The highest BCUT2D eigenvalue weighted by molar-refractivity contribution is 6.58. The molecule has 0 heterocycles. The van der Waals surface area contributed by atoms with E-state index in [-0.39, 0.29) is 12.0 Å². The fraction of sp³-hybridized carbons (Fsp3) is 1.00. The molecular weight excluding hydrogens is 156 g/mol. The van der Waals surface area contributed by atoms with Gasteiger partial charge in [-0.15, -0.1) is 0 Å². The zero-order valence-electron chi connectivity index (χ0n) is 7.03. The summed E-state index contributed by atoms with van der Waals surface area (Å²) in [5, 5.41) is 0. The third-order valence-electron chi connectivity index (χ3n) is 0.842. The molecule has 0 N–H and O–H groups in total. The van der Waals surface area contributed by atoms with Gasteiger partial charge in [0.1, 0.15) is 0 Å². The number of halogens is 3. The number of hydrogen-bond acceptors (Lipinski definition) is 1. The van der Waals surface area contributed by atoms with E-state index in [4.69, 9.17) is 0 Å². The zero-order valence-corrected chi connectivity index (χ0v) is 7.03. The van der Waals surface area contributed by atoms with Crippen LogP contribution in [-0.2, 0) is 4.74 Å². The topological polar surface area (TPSA) is 9.23 Å². The molecule has 0 radical (unpaired) electrons. The van der Waals surface area contributed by atoms with Crippen molar-refractivity contribution in [1.29, 1.82) is 0 Å². The minimum absolute atomic E-state index is 0.147. The van der Waals surface area contributed by atoms with E-state index in [2.05, 4.69) is 4.74 Å². The largest absolute Gasteiger partial charge is 0.503 e. The lowest BCUT2D eigenvalue weighted by atomic mass is 9.93. The van der Waals surface area contributed by atoms with Crippen molar-refractivity contribution >= 4 is 6.98 Å². The molecular formula is C6H13BF3O-. The van der Waals surface area contributed by atoms with Crippen LogP contribution in [0.3, 0.4) is 0 Å². The molecule has 0 saturated carbocycles. The molecule has 0 saturated heterocycles. The van der Waals surface area contributed by atoms with Gasteiger partial charge in [0.25, 0.3) is 0 Å². The molecule has 0 rings (SSSR count). The Morgan fingerprint density at radius 1 is 1.18 bits per heavy atom. The molecule has 5 heteroatoms. The Morgan fingerprint density at radius 2 is 1.64 bits per heavy atom. The van der Waals surface area contributed by atoms with E-state index in [0.29, 0.717) is 0 Å². The van der Waals surface area contributed by atoms with Gasteiger partial charge in [0, 0.05) is 13.1 Å². The van der Waals surface area contributed by atoms with Crippen molar-refractivity contribution in [3.05, 3.63) is 0 Å². The SMILES string of the molecule is CC(C)(C)COC[B-](F)(F)F. The molecule has 0 fully saturated rings. The lowest BCUT2D eigenvalue weighted by Gasteiger charge is -2.21. The van der Waals surface area contributed by atoms with Crippen molar-refractivity contribution in [3.8, 4) is 0 Å². The molecule has 68 valence electrons. The van der Waals surface area contributed by atoms with Gasteiger partial charge < -0.3 is 17.7 Å². The first-order chi connectivity index (χ1) is 4.71. The van der Waals surface area contributed by atoms with Crippen LogP contribution in [0, 0.1) is 5.41 Å². The van der Waals surface area contributed by atoms with Gasteiger partial charge in [-0.05, 0) is 5.41 Å². The minimum Gasteiger partial charge on any atom is -0.447 e. The Morgan fingerprint density at radius 3 is 1.91 bits per heavy atom. The Hall–Kier alpha value is -0.185. The van der Waals surface area contributed by atoms with Crippen molar-refractivity contribution in [2.24, 2.45) is 5.41 Å². The molecule has 0 spiro atoms. The van der Waals surface area contributed by atoms with E-state index < -0.39 is 13.5 Å². The van der Waals surface area contributed by atoms with Gasteiger partial charge in [-0.1, -0.05) is 20.8 Å². The van der Waals surface area contributed by atoms with Crippen molar-refractivity contribution in [1.82, 2.24) is 0 Å². The molecule has 0 aliphatic carbocycles. The highest BCUT2D eigenvalue weighted by Gasteiger charge is 2.24. The molecule has 0 amide bonds. The fourth-order valence-corrected chi connectivity index (χ4v) is 0.499. The quantitative estimate of drug-likeness (QED) is 0.589. The van der Waals surface area contributed by atoms with Crippen LogP contribution in [0.15, 0.2) is 0 Å². The average Bonchev–Trinajstić information content (AvgIpc) is 1.55. The summed E-state index contributed by atoms with van der Waals surface area (Å²) in [6.45, 7) is -0.227. The molecule has 0 aromatic heterocycles. The van der Waals surface area contributed by atoms with Crippen molar-refractivity contribution < 1.29 is 17.7 Å². The predicted molar refractivity (Wildman–Crippen MR) is 39.4 cm³/mol. The third-order valence-corrected chi connectivity index (χ3v) is 0.842. The molecule has 0 aromatic carbocycles. The monoisotopic (exact) mass is 169 g/mol. The van der Waals surface area contributed by atoms with Crippen LogP contribution in [0.25, 0.3) is 0 Å². The molecule has 0 atom stereocenters. The van der Waals surface area contributed by atoms with E-state index in [1.54, 1.807) is 0 Å². The summed E-state index contributed by atoms with van der Waals surface area (Å²) in [5.74, 6) is 0. The molecule has 0 aliphatic heterocycles. The van der Waals surface area contributed by atoms with Crippen LogP contribution in [0.4, 0.5) is 12.9 Å². The average molecular weight is 169 g/mol. The molecule has 11 heavy (non-hydrogen) atoms. The van der Waals surface area contributed by atoms with Crippen LogP contribution >= 0.6 is 0 Å². The van der Waals surface area contributed by atoms with Crippen molar-refractivity contribution in [2.75, 3.05) is 13.1 Å². The Bertz CT molecular complexity index is 102. The highest BCUT2D eigenvalue weighted by Crippen LogP contribution is 2.15. The number of hydrogen-bond donors (Lipinski definition) is 0. The van der Waals surface area contributed by atoms with Crippen LogP contribution in [0.5, 0.6) is 0 Å². The van der Waals surface area contributed by atoms with E-state index in [1.807, 2.05) is 20.8 Å². The Balaban J connectivity index is 3.44. The summed E-state index contributed by atoms with van der Waals surface area (Å²) >= 11 is 0. The van der Waals surface area contributed by atoms with E-state index in [0.717, 1.165) is 0 Å². The molecule has 1 nitrogen and oxygen atoms in total. The maximum absolute atomic E-state index is 11.6. The molecule has 0 aliphatic rings. The fourth-order valence-electron chi connectivity index (χ4n) is 0.499. The first-order valence-corrected chi connectivity index (χ1v) is 3.49. The lowest BCUT2D eigenvalue weighted by molar-refractivity contribution is 0.0854. The van der Waals surface area contributed by atoms with E-state index >= 15 is 0 Å². The second kappa shape index (κ2) is 3.47. The second-order valence-corrected chi connectivity index (χ2v) is 3.79. The van der Waals surface area contributed by atoms with E-state index in [9.17, 15) is 12.9 Å². The summed E-state index contributed by atoms with van der Waals surface area (Å²) in [6, 6.07) is 0. The smallest absolute Gasteiger partial charge is 0.447 e. The van der Waals surface area contributed by atoms with Gasteiger partial charge in [-0.3, -0.25) is 0 Å². The maximum Gasteiger partial charge on any atom is 0.503 e. The van der Waals surface area contributed by atoms with Crippen LogP contribution in [-0.4, -0.2) is 20.1 Å². The van der Waals surface area contributed by atoms with Crippen molar-refractivity contribution in [3.63, 3.8) is 0 Å². The third kappa shape index (κ3) is 9.81. The normalized spacial score (nSPS) is 13.6. The van der Waals surface area contributed by atoms with Crippen LogP contribution < -0.4 is 0 Å².